The van der Waals surface area contributed by atoms with Crippen LogP contribution in [0.2, 0.25) is 0 Å². The van der Waals surface area contributed by atoms with Crippen LogP contribution in [0.4, 0.5) is 4.79 Å². The van der Waals surface area contributed by atoms with Crippen LogP contribution in [0, 0.1) is 0 Å². The summed E-state index contributed by atoms with van der Waals surface area (Å²) in [7, 11) is 0. The third-order valence-corrected chi connectivity index (χ3v) is 4.57. The molecular formula is C23H39N5O3. The number of benzene rings is 1. The van der Waals surface area contributed by atoms with E-state index >= 15 is 0 Å². The van der Waals surface area contributed by atoms with Crippen LogP contribution in [0.5, 0.6) is 0 Å². The second-order valence-corrected chi connectivity index (χ2v) is 8.79. The molecule has 0 aliphatic carbocycles. The van der Waals surface area contributed by atoms with Gasteiger partial charge < -0.3 is 25.4 Å². The number of alkyl carbamates (subject to hydrolysis) is 1. The van der Waals surface area contributed by atoms with E-state index in [-0.39, 0.29) is 0 Å². The van der Waals surface area contributed by atoms with E-state index in [1.165, 1.54) is 11.1 Å². The Morgan fingerprint density at radius 1 is 1.23 bits per heavy atom. The zero-order valence-electron chi connectivity index (χ0n) is 19.7. The second-order valence-electron chi connectivity index (χ2n) is 8.79. The van der Waals surface area contributed by atoms with Crippen LogP contribution in [0.1, 0.15) is 45.7 Å². The van der Waals surface area contributed by atoms with Gasteiger partial charge in [-0.1, -0.05) is 24.3 Å². The summed E-state index contributed by atoms with van der Waals surface area (Å²) in [5, 5.41) is 9.22. The Kier molecular flexibility index (Phi) is 10.1. The standard InChI is InChI=1S/C23H39N5O3/c1-6-24-21(25-10-11-26-22(29)31-23(3,4)5)27-15-19-8-7-9-20(14-19)17-28-12-13-30-18(2)16-28/h7-9,14,18H,6,10-13,15-17H2,1-5H3,(H,26,29)(H2,24,25,27). The van der Waals surface area contributed by atoms with E-state index in [0.717, 1.165) is 38.7 Å². The van der Waals surface area contributed by atoms with Gasteiger partial charge in [-0.25, -0.2) is 9.79 Å². The van der Waals surface area contributed by atoms with Crippen molar-refractivity contribution in [3.63, 3.8) is 0 Å². The molecule has 1 fully saturated rings. The van der Waals surface area contributed by atoms with Crippen molar-refractivity contribution in [3.05, 3.63) is 35.4 Å². The topological polar surface area (TPSA) is 87.2 Å². The summed E-state index contributed by atoms with van der Waals surface area (Å²) in [4.78, 5) is 18.8. The third-order valence-electron chi connectivity index (χ3n) is 4.57. The van der Waals surface area contributed by atoms with Gasteiger partial charge >= 0.3 is 6.09 Å². The van der Waals surface area contributed by atoms with Crippen LogP contribution in [-0.2, 0) is 22.6 Å². The number of carbonyl (C=O) groups excluding carboxylic acids is 1. The number of nitrogens with zero attached hydrogens (tertiary/aromatic N) is 2. The normalized spacial score (nSPS) is 17.8. The zero-order chi connectivity index (χ0) is 22.7. The Bertz CT molecular complexity index is 717. The van der Waals surface area contributed by atoms with Crippen molar-refractivity contribution in [2.45, 2.75) is 59.4 Å². The number of rotatable bonds is 8. The highest BCUT2D eigenvalue weighted by atomic mass is 16.6. The molecule has 0 aromatic heterocycles. The lowest BCUT2D eigenvalue weighted by atomic mass is 10.1. The van der Waals surface area contributed by atoms with Gasteiger partial charge in [-0.15, -0.1) is 0 Å². The number of morpholine rings is 1. The molecule has 0 bridgehead atoms. The van der Waals surface area contributed by atoms with E-state index < -0.39 is 11.7 Å². The van der Waals surface area contributed by atoms with Crippen molar-refractivity contribution in [2.75, 3.05) is 39.3 Å². The van der Waals surface area contributed by atoms with Crippen LogP contribution in [0.15, 0.2) is 29.3 Å². The van der Waals surface area contributed by atoms with Gasteiger partial charge in [0.15, 0.2) is 5.96 Å². The molecule has 1 aliphatic rings. The number of aliphatic imine (C=N–C) groups is 1. The molecule has 1 amide bonds. The maximum Gasteiger partial charge on any atom is 0.407 e. The van der Waals surface area contributed by atoms with E-state index in [0.29, 0.717) is 25.7 Å². The van der Waals surface area contributed by atoms with E-state index in [1.54, 1.807) is 0 Å². The molecule has 1 aromatic rings. The second kappa shape index (κ2) is 12.5. The summed E-state index contributed by atoms with van der Waals surface area (Å²) in [6, 6.07) is 8.58. The van der Waals surface area contributed by atoms with Crippen molar-refractivity contribution in [2.24, 2.45) is 4.99 Å². The minimum atomic E-state index is -0.498. The highest BCUT2D eigenvalue weighted by molar-refractivity contribution is 5.79. The van der Waals surface area contributed by atoms with Gasteiger partial charge in [0.2, 0.25) is 0 Å². The summed E-state index contributed by atoms with van der Waals surface area (Å²) in [5.74, 6) is 0.723. The molecule has 8 heteroatoms. The van der Waals surface area contributed by atoms with Gasteiger partial charge in [-0.3, -0.25) is 4.90 Å². The quantitative estimate of drug-likeness (QED) is 0.332. The Balaban J connectivity index is 1.82. The molecule has 3 N–H and O–H groups in total. The number of guanidine groups is 1. The number of hydrogen-bond acceptors (Lipinski definition) is 5. The summed E-state index contributed by atoms with van der Waals surface area (Å²) >= 11 is 0. The van der Waals surface area contributed by atoms with Gasteiger partial charge in [0.25, 0.3) is 0 Å². The Morgan fingerprint density at radius 2 is 1.97 bits per heavy atom. The van der Waals surface area contributed by atoms with Gasteiger partial charge in [0.05, 0.1) is 19.3 Å². The smallest absolute Gasteiger partial charge is 0.407 e. The first-order valence-electron chi connectivity index (χ1n) is 11.2. The Morgan fingerprint density at radius 3 is 2.68 bits per heavy atom. The zero-order valence-corrected chi connectivity index (χ0v) is 19.7. The van der Waals surface area contributed by atoms with Crippen molar-refractivity contribution < 1.29 is 14.3 Å². The maximum absolute atomic E-state index is 11.7. The molecule has 174 valence electrons. The first kappa shape index (κ1) is 24.9. The molecular weight excluding hydrogens is 394 g/mol. The number of nitrogens with one attached hydrogen (secondary N) is 3. The third kappa shape index (κ3) is 10.5. The van der Waals surface area contributed by atoms with Gasteiger partial charge in [-0.05, 0) is 45.7 Å². The largest absolute Gasteiger partial charge is 0.444 e. The molecule has 8 nitrogen and oxygen atoms in total. The predicted octanol–water partition coefficient (Wildman–Crippen LogP) is 2.49. The first-order chi connectivity index (χ1) is 14.7. The summed E-state index contributed by atoms with van der Waals surface area (Å²) in [5.41, 5.74) is 1.96. The van der Waals surface area contributed by atoms with Gasteiger partial charge in [-0.2, -0.15) is 0 Å². The molecule has 1 heterocycles. The van der Waals surface area contributed by atoms with Crippen molar-refractivity contribution >= 4 is 12.1 Å². The number of amides is 1. The average molecular weight is 434 g/mol. The predicted molar refractivity (Wildman–Crippen MR) is 124 cm³/mol. The maximum atomic E-state index is 11.7. The molecule has 31 heavy (non-hydrogen) atoms. The molecule has 2 rings (SSSR count). The lowest BCUT2D eigenvalue weighted by molar-refractivity contribution is -0.0212. The van der Waals surface area contributed by atoms with Crippen molar-refractivity contribution in [1.82, 2.24) is 20.9 Å². The van der Waals surface area contributed by atoms with Crippen LogP contribution in [0.25, 0.3) is 0 Å². The van der Waals surface area contributed by atoms with E-state index in [4.69, 9.17) is 9.47 Å². The molecule has 1 saturated heterocycles. The summed E-state index contributed by atoms with van der Waals surface area (Å²) < 4.78 is 10.9. The highest BCUT2D eigenvalue weighted by Crippen LogP contribution is 2.12. The van der Waals surface area contributed by atoms with Crippen LogP contribution < -0.4 is 16.0 Å². The van der Waals surface area contributed by atoms with Crippen LogP contribution >= 0.6 is 0 Å². The molecule has 0 radical (unpaired) electrons. The average Bonchev–Trinajstić information content (AvgIpc) is 2.68. The van der Waals surface area contributed by atoms with Gasteiger partial charge in [0, 0.05) is 39.3 Å². The number of ether oxygens (including phenoxy) is 2. The molecule has 1 unspecified atom stereocenters. The fourth-order valence-electron chi connectivity index (χ4n) is 3.29. The van der Waals surface area contributed by atoms with Crippen molar-refractivity contribution in [3.8, 4) is 0 Å². The fraction of sp³-hybridized carbons (Fsp3) is 0.652. The SMILES string of the molecule is CCNC(=NCc1cccc(CN2CCOC(C)C2)c1)NCCNC(=O)OC(C)(C)C. The molecule has 0 saturated carbocycles. The summed E-state index contributed by atoms with van der Waals surface area (Å²) in [6.07, 6.45) is -0.122. The van der Waals surface area contributed by atoms with Crippen LogP contribution in [-0.4, -0.2) is 68.0 Å². The molecule has 1 atom stereocenters. The van der Waals surface area contributed by atoms with E-state index in [2.05, 4.69) is 57.0 Å². The van der Waals surface area contributed by atoms with Crippen LogP contribution in [0.3, 0.4) is 0 Å². The molecule has 1 aromatic carbocycles. The monoisotopic (exact) mass is 433 g/mol. The lowest BCUT2D eigenvalue weighted by Gasteiger charge is -2.31. The Labute approximate surface area is 186 Å². The highest BCUT2D eigenvalue weighted by Gasteiger charge is 2.17. The molecule has 0 spiro atoms. The first-order valence-corrected chi connectivity index (χ1v) is 11.2. The molecule has 1 aliphatic heterocycles. The summed E-state index contributed by atoms with van der Waals surface area (Å²) in [6.45, 7) is 15.7. The minimum absolute atomic E-state index is 0.292. The minimum Gasteiger partial charge on any atom is -0.444 e. The van der Waals surface area contributed by atoms with Crippen molar-refractivity contribution in [1.29, 1.82) is 0 Å². The number of hydrogen-bond donors (Lipinski definition) is 3. The van der Waals surface area contributed by atoms with E-state index in [9.17, 15) is 4.79 Å². The van der Waals surface area contributed by atoms with E-state index in [1.807, 2.05) is 27.7 Å². The number of carbonyl (C=O) groups is 1. The van der Waals surface area contributed by atoms with Gasteiger partial charge in [0.1, 0.15) is 5.60 Å². The fourth-order valence-corrected chi connectivity index (χ4v) is 3.29. The lowest BCUT2D eigenvalue weighted by Crippen LogP contribution is -2.42. The Hall–Kier alpha value is -2.32.